The molecule has 0 aromatic carbocycles. The quantitative estimate of drug-likeness (QED) is 0.738. The molecular weight excluding hydrogens is 300 g/mol. The average Bonchev–Trinajstić information content (AvgIpc) is 3.04. The van der Waals surface area contributed by atoms with Crippen molar-refractivity contribution in [2.24, 2.45) is 34.5 Å². The molecule has 3 nitrogen and oxygen atoms in total. The van der Waals surface area contributed by atoms with Crippen LogP contribution in [0.5, 0.6) is 0 Å². The standard InChI is InChI=1S/C21H28O3/c1-19-9-7-14(22)11-13(19)3-4-15-16(19)8-10-21-12-24-20(2,23)18(21)6-5-17(15)21/h3-4,11,15-18,23H,5-10,12H2,1-2H3/t15-,16+,17+,18-,19+,20-,21-/m1/s1. The van der Waals surface area contributed by atoms with Gasteiger partial charge in [-0.1, -0.05) is 19.1 Å². The third-order valence-corrected chi connectivity index (χ3v) is 8.51. The Morgan fingerprint density at radius 2 is 2.00 bits per heavy atom. The van der Waals surface area contributed by atoms with Gasteiger partial charge in [-0.15, -0.1) is 0 Å². The molecule has 0 aromatic rings. The lowest BCUT2D eigenvalue weighted by atomic mass is 9.48. The van der Waals surface area contributed by atoms with Crippen LogP contribution < -0.4 is 0 Å². The zero-order valence-corrected chi connectivity index (χ0v) is 14.8. The minimum Gasteiger partial charge on any atom is -0.365 e. The summed E-state index contributed by atoms with van der Waals surface area (Å²) in [6.07, 6.45) is 12.9. The lowest BCUT2D eigenvalue weighted by molar-refractivity contribution is -0.180. The van der Waals surface area contributed by atoms with Crippen LogP contribution in [0.15, 0.2) is 23.8 Å². The first-order valence-electron chi connectivity index (χ1n) is 9.66. The van der Waals surface area contributed by atoms with Gasteiger partial charge in [0.1, 0.15) is 0 Å². The van der Waals surface area contributed by atoms with E-state index >= 15 is 0 Å². The third-order valence-electron chi connectivity index (χ3n) is 8.51. The summed E-state index contributed by atoms with van der Waals surface area (Å²) in [7, 11) is 0. The van der Waals surface area contributed by atoms with Crippen LogP contribution in [-0.2, 0) is 9.53 Å². The Hall–Kier alpha value is -0.930. The second-order valence-corrected chi connectivity index (χ2v) is 9.38. The van der Waals surface area contributed by atoms with E-state index in [9.17, 15) is 9.90 Å². The fraction of sp³-hybridized carbons (Fsp3) is 0.762. The van der Waals surface area contributed by atoms with Crippen LogP contribution in [0.4, 0.5) is 0 Å². The largest absolute Gasteiger partial charge is 0.365 e. The van der Waals surface area contributed by atoms with Gasteiger partial charge in [-0.25, -0.2) is 0 Å². The molecule has 1 saturated heterocycles. The van der Waals surface area contributed by atoms with Crippen LogP contribution in [0.25, 0.3) is 0 Å². The maximum absolute atomic E-state index is 11.9. The Morgan fingerprint density at radius 1 is 1.17 bits per heavy atom. The molecule has 7 atom stereocenters. The SMILES string of the molecule is C[C@]12CCC(=O)C=C1C=C[C@H]1[C@@H]3CC[C@H]4[C@]3(CC[C@@H]12)CO[C@@]4(C)O. The van der Waals surface area contributed by atoms with E-state index < -0.39 is 5.79 Å². The average molecular weight is 328 g/mol. The molecule has 3 heteroatoms. The molecule has 1 N–H and O–H groups in total. The second kappa shape index (κ2) is 4.62. The number of rotatable bonds is 0. The number of carbonyl (C=O) groups is 1. The predicted octanol–water partition coefficient (Wildman–Crippen LogP) is 3.63. The highest BCUT2D eigenvalue weighted by Gasteiger charge is 2.66. The topological polar surface area (TPSA) is 46.5 Å². The van der Waals surface area contributed by atoms with E-state index in [0.717, 1.165) is 19.4 Å². The number of allylic oxidation sites excluding steroid dienone is 4. The maximum atomic E-state index is 11.9. The summed E-state index contributed by atoms with van der Waals surface area (Å²) < 4.78 is 5.87. The number of fused-ring (bicyclic) bond motifs is 4. The molecule has 1 aliphatic heterocycles. The minimum atomic E-state index is -0.938. The van der Waals surface area contributed by atoms with Crippen molar-refractivity contribution in [1.82, 2.24) is 0 Å². The molecule has 0 radical (unpaired) electrons. The fourth-order valence-corrected chi connectivity index (χ4v) is 7.28. The van der Waals surface area contributed by atoms with Crippen LogP contribution in [0, 0.1) is 34.5 Å². The molecule has 0 aromatic heterocycles. The van der Waals surface area contributed by atoms with Crippen molar-refractivity contribution >= 4 is 5.78 Å². The van der Waals surface area contributed by atoms with E-state index in [1.165, 1.54) is 24.8 Å². The summed E-state index contributed by atoms with van der Waals surface area (Å²) in [6, 6.07) is 0. The van der Waals surface area contributed by atoms with E-state index in [0.29, 0.717) is 35.9 Å². The fourth-order valence-electron chi connectivity index (χ4n) is 7.28. The summed E-state index contributed by atoms with van der Waals surface area (Å²) in [5.74, 6) is 1.49. The van der Waals surface area contributed by atoms with Crippen molar-refractivity contribution in [2.45, 2.75) is 58.2 Å². The van der Waals surface area contributed by atoms with Crippen molar-refractivity contribution in [3.8, 4) is 0 Å². The van der Waals surface area contributed by atoms with E-state index in [-0.39, 0.29) is 10.8 Å². The maximum Gasteiger partial charge on any atom is 0.166 e. The normalized spacial score (nSPS) is 55.5. The minimum absolute atomic E-state index is 0.162. The first-order valence-corrected chi connectivity index (χ1v) is 9.66. The van der Waals surface area contributed by atoms with E-state index in [2.05, 4.69) is 19.1 Å². The lowest BCUT2D eigenvalue weighted by Crippen LogP contribution is -2.50. The molecule has 2 saturated carbocycles. The van der Waals surface area contributed by atoms with Gasteiger partial charge in [0.2, 0.25) is 0 Å². The van der Waals surface area contributed by atoms with Crippen molar-refractivity contribution in [2.75, 3.05) is 6.61 Å². The van der Waals surface area contributed by atoms with Crippen LogP contribution >= 0.6 is 0 Å². The zero-order valence-electron chi connectivity index (χ0n) is 14.8. The molecule has 130 valence electrons. The van der Waals surface area contributed by atoms with Crippen LogP contribution in [0.2, 0.25) is 0 Å². The van der Waals surface area contributed by atoms with E-state index in [1.54, 1.807) is 0 Å². The monoisotopic (exact) mass is 328 g/mol. The van der Waals surface area contributed by atoms with Gasteiger partial charge in [0.25, 0.3) is 0 Å². The Morgan fingerprint density at radius 3 is 2.83 bits per heavy atom. The van der Waals surface area contributed by atoms with Gasteiger partial charge in [-0.2, -0.15) is 0 Å². The molecule has 0 bridgehead atoms. The predicted molar refractivity (Wildman–Crippen MR) is 91.0 cm³/mol. The van der Waals surface area contributed by atoms with Gasteiger partial charge in [0.05, 0.1) is 6.61 Å². The molecule has 1 spiro atoms. The molecule has 3 fully saturated rings. The molecule has 4 aliphatic carbocycles. The highest BCUT2D eigenvalue weighted by Crippen LogP contribution is 2.68. The summed E-state index contributed by atoms with van der Waals surface area (Å²) in [5, 5.41) is 10.7. The first kappa shape index (κ1) is 15.3. The lowest BCUT2D eigenvalue weighted by Gasteiger charge is -2.55. The molecular formula is C21H28O3. The number of aliphatic hydroxyl groups is 1. The summed E-state index contributed by atoms with van der Waals surface area (Å²) in [6.45, 7) is 4.98. The molecule has 5 aliphatic rings. The summed E-state index contributed by atoms with van der Waals surface area (Å²) >= 11 is 0. The van der Waals surface area contributed by atoms with Crippen LogP contribution in [0.1, 0.15) is 52.4 Å². The Labute approximate surface area is 144 Å². The molecule has 24 heavy (non-hydrogen) atoms. The smallest absolute Gasteiger partial charge is 0.166 e. The Balaban J connectivity index is 1.55. The third kappa shape index (κ3) is 1.73. The van der Waals surface area contributed by atoms with Crippen molar-refractivity contribution in [3.63, 3.8) is 0 Å². The number of hydrogen-bond acceptors (Lipinski definition) is 3. The van der Waals surface area contributed by atoms with Gasteiger partial charge in [0, 0.05) is 17.8 Å². The van der Waals surface area contributed by atoms with Gasteiger partial charge < -0.3 is 9.84 Å². The number of ether oxygens (including phenoxy) is 1. The number of hydrogen-bond donors (Lipinski definition) is 1. The highest BCUT2D eigenvalue weighted by molar-refractivity contribution is 5.92. The van der Waals surface area contributed by atoms with Gasteiger partial charge in [0.15, 0.2) is 11.6 Å². The van der Waals surface area contributed by atoms with Crippen molar-refractivity contribution in [3.05, 3.63) is 23.8 Å². The van der Waals surface area contributed by atoms with Crippen LogP contribution in [0.3, 0.4) is 0 Å². The summed E-state index contributed by atoms with van der Waals surface area (Å²) in [5.41, 5.74) is 1.60. The second-order valence-electron chi connectivity index (χ2n) is 9.38. The molecule has 0 amide bonds. The Bertz CT molecular complexity index is 660. The van der Waals surface area contributed by atoms with Crippen molar-refractivity contribution in [1.29, 1.82) is 0 Å². The Kier molecular flexibility index (Phi) is 2.95. The molecule has 1 heterocycles. The zero-order chi connectivity index (χ0) is 16.7. The highest BCUT2D eigenvalue weighted by atomic mass is 16.6. The van der Waals surface area contributed by atoms with E-state index in [1.807, 2.05) is 13.0 Å². The van der Waals surface area contributed by atoms with Gasteiger partial charge in [-0.3, -0.25) is 4.79 Å². The van der Waals surface area contributed by atoms with Crippen LogP contribution in [-0.4, -0.2) is 23.3 Å². The first-order chi connectivity index (χ1) is 11.4. The van der Waals surface area contributed by atoms with Gasteiger partial charge >= 0.3 is 0 Å². The number of carbonyl (C=O) groups excluding carboxylic acids is 1. The van der Waals surface area contributed by atoms with Gasteiger partial charge in [-0.05, 0) is 73.8 Å². The molecule has 0 unspecified atom stereocenters. The summed E-state index contributed by atoms with van der Waals surface area (Å²) in [4.78, 5) is 11.9. The molecule has 5 rings (SSSR count). The van der Waals surface area contributed by atoms with Crippen molar-refractivity contribution < 1.29 is 14.6 Å². The number of ketones is 1. The van der Waals surface area contributed by atoms with E-state index in [4.69, 9.17) is 4.74 Å².